The largest absolute Gasteiger partial charge is 0.487 e. The normalized spacial score (nSPS) is 15.3. The zero-order chi connectivity index (χ0) is 15.2. The first-order chi connectivity index (χ1) is 9.85. The van der Waals surface area contributed by atoms with Crippen LogP contribution in [0.15, 0.2) is 34.7 Å². The van der Waals surface area contributed by atoms with Crippen LogP contribution < -0.4 is 4.74 Å². The van der Waals surface area contributed by atoms with Gasteiger partial charge in [-0.15, -0.1) is 0 Å². The molecule has 0 atom stereocenters. The highest BCUT2D eigenvalue weighted by Crippen LogP contribution is 2.35. The van der Waals surface area contributed by atoms with Gasteiger partial charge in [0, 0.05) is 12.0 Å². The summed E-state index contributed by atoms with van der Waals surface area (Å²) in [6.45, 7) is 3.95. The number of ether oxygens (including phenoxy) is 1. The van der Waals surface area contributed by atoms with E-state index in [1.807, 2.05) is 13.8 Å². The molecule has 108 valence electrons. The molecule has 3 rings (SSSR count). The summed E-state index contributed by atoms with van der Waals surface area (Å²) in [5.74, 6) is -0.0959. The van der Waals surface area contributed by atoms with E-state index < -0.39 is 10.8 Å². The van der Waals surface area contributed by atoms with Gasteiger partial charge in [-0.05, 0) is 43.7 Å². The minimum Gasteiger partial charge on any atom is -0.487 e. The van der Waals surface area contributed by atoms with Gasteiger partial charge in [0.15, 0.2) is 5.76 Å². The van der Waals surface area contributed by atoms with E-state index in [1.165, 1.54) is 12.1 Å². The predicted octanol–water partition coefficient (Wildman–Crippen LogP) is 3.13. The second-order valence-corrected chi connectivity index (χ2v) is 5.59. The zero-order valence-corrected chi connectivity index (χ0v) is 11.6. The fraction of sp³-hybridized carbons (Fsp3) is 0.267. The van der Waals surface area contributed by atoms with Gasteiger partial charge in [0.05, 0.1) is 6.07 Å². The molecular formula is C15H13NO5. The van der Waals surface area contributed by atoms with Crippen molar-refractivity contribution in [2.45, 2.75) is 25.9 Å². The summed E-state index contributed by atoms with van der Waals surface area (Å²) in [7, 11) is 0. The summed E-state index contributed by atoms with van der Waals surface area (Å²) in [6.07, 6.45) is 0.710. The average molecular weight is 287 g/mol. The zero-order valence-electron chi connectivity index (χ0n) is 11.6. The molecule has 2 heterocycles. The summed E-state index contributed by atoms with van der Waals surface area (Å²) in [5, 5.41) is 10.6. The van der Waals surface area contributed by atoms with Crippen LogP contribution in [0.4, 0.5) is 5.88 Å². The highest BCUT2D eigenvalue weighted by atomic mass is 16.6. The molecule has 0 amide bonds. The molecule has 0 unspecified atom stereocenters. The Morgan fingerprint density at radius 1 is 1.29 bits per heavy atom. The Labute approximate surface area is 120 Å². The van der Waals surface area contributed by atoms with E-state index in [9.17, 15) is 14.9 Å². The first-order valence-electron chi connectivity index (χ1n) is 6.47. The third-order valence-electron chi connectivity index (χ3n) is 3.32. The van der Waals surface area contributed by atoms with Crippen molar-refractivity contribution in [2.24, 2.45) is 0 Å². The first kappa shape index (κ1) is 13.4. The fourth-order valence-electron chi connectivity index (χ4n) is 2.44. The molecule has 6 heteroatoms. The average Bonchev–Trinajstić information content (AvgIpc) is 2.99. The first-order valence-corrected chi connectivity index (χ1v) is 6.47. The summed E-state index contributed by atoms with van der Waals surface area (Å²) in [5.41, 5.74) is 1.10. The van der Waals surface area contributed by atoms with Crippen molar-refractivity contribution in [1.29, 1.82) is 0 Å². The number of hydrogen-bond donors (Lipinski definition) is 0. The van der Waals surface area contributed by atoms with Gasteiger partial charge < -0.3 is 9.15 Å². The molecule has 1 aliphatic rings. The SMILES string of the molecule is CC1(C)Cc2cc(C(=O)c3ccc([N+](=O)[O-])o3)ccc2O1. The Balaban J connectivity index is 1.91. The van der Waals surface area contributed by atoms with Crippen molar-refractivity contribution >= 4 is 11.7 Å². The minimum atomic E-state index is -0.671. The molecule has 0 N–H and O–H groups in total. The highest BCUT2D eigenvalue weighted by Gasteiger charge is 2.30. The second-order valence-electron chi connectivity index (χ2n) is 5.59. The van der Waals surface area contributed by atoms with Gasteiger partial charge in [-0.2, -0.15) is 0 Å². The molecule has 2 aromatic rings. The summed E-state index contributed by atoms with van der Waals surface area (Å²) in [6, 6.07) is 7.62. The predicted molar refractivity (Wildman–Crippen MR) is 73.6 cm³/mol. The monoisotopic (exact) mass is 287 g/mol. The van der Waals surface area contributed by atoms with Gasteiger partial charge >= 0.3 is 5.88 Å². The number of carbonyl (C=O) groups is 1. The lowest BCUT2D eigenvalue weighted by atomic mass is 9.98. The molecule has 1 aromatic carbocycles. The van der Waals surface area contributed by atoms with E-state index in [2.05, 4.69) is 0 Å². The van der Waals surface area contributed by atoms with Crippen molar-refractivity contribution in [3.8, 4) is 5.75 Å². The third-order valence-corrected chi connectivity index (χ3v) is 3.32. The standard InChI is InChI=1S/C15H13NO5/c1-15(2)8-10-7-9(3-4-11(10)21-15)14(17)12-5-6-13(20-12)16(18)19/h3-7H,8H2,1-2H3. The Bertz CT molecular complexity index is 744. The van der Waals surface area contributed by atoms with Crippen LogP contribution >= 0.6 is 0 Å². The molecule has 0 saturated carbocycles. The summed E-state index contributed by atoms with van der Waals surface area (Å²) < 4.78 is 10.7. The molecular weight excluding hydrogens is 274 g/mol. The van der Waals surface area contributed by atoms with Crippen LogP contribution in [0, 0.1) is 10.1 Å². The number of fused-ring (bicyclic) bond motifs is 1. The van der Waals surface area contributed by atoms with Gasteiger partial charge in [0.1, 0.15) is 16.3 Å². The molecule has 6 nitrogen and oxygen atoms in total. The number of furan rings is 1. The molecule has 0 spiro atoms. The van der Waals surface area contributed by atoms with E-state index in [4.69, 9.17) is 9.15 Å². The van der Waals surface area contributed by atoms with Crippen molar-refractivity contribution in [1.82, 2.24) is 0 Å². The maximum atomic E-state index is 12.3. The maximum Gasteiger partial charge on any atom is 0.433 e. The van der Waals surface area contributed by atoms with Crippen LogP contribution in [0.2, 0.25) is 0 Å². The van der Waals surface area contributed by atoms with Gasteiger partial charge in [-0.3, -0.25) is 14.9 Å². The molecule has 0 aliphatic carbocycles. The number of hydrogen-bond acceptors (Lipinski definition) is 5. The van der Waals surface area contributed by atoms with Gasteiger partial charge in [-0.1, -0.05) is 0 Å². The maximum absolute atomic E-state index is 12.3. The van der Waals surface area contributed by atoms with Crippen LogP contribution in [0.3, 0.4) is 0 Å². The van der Waals surface area contributed by atoms with Gasteiger partial charge in [-0.25, -0.2) is 0 Å². The van der Waals surface area contributed by atoms with Crippen LogP contribution in [-0.4, -0.2) is 16.3 Å². The van der Waals surface area contributed by atoms with Crippen molar-refractivity contribution in [3.63, 3.8) is 0 Å². The van der Waals surface area contributed by atoms with Crippen LogP contribution in [-0.2, 0) is 6.42 Å². The Morgan fingerprint density at radius 3 is 2.71 bits per heavy atom. The smallest absolute Gasteiger partial charge is 0.433 e. The van der Waals surface area contributed by atoms with Crippen molar-refractivity contribution < 1.29 is 18.9 Å². The van der Waals surface area contributed by atoms with Crippen LogP contribution in [0.25, 0.3) is 0 Å². The number of nitrogens with zero attached hydrogens (tertiary/aromatic N) is 1. The van der Waals surface area contributed by atoms with Crippen LogP contribution in [0.1, 0.15) is 35.5 Å². The lowest BCUT2D eigenvalue weighted by Crippen LogP contribution is -2.24. The van der Waals surface area contributed by atoms with Gasteiger partial charge in [0.25, 0.3) is 0 Å². The molecule has 0 bridgehead atoms. The lowest BCUT2D eigenvalue weighted by Gasteiger charge is -2.16. The fourth-order valence-corrected chi connectivity index (χ4v) is 2.44. The topological polar surface area (TPSA) is 82.6 Å². The number of carbonyl (C=O) groups excluding carboxylic acids is 1. The molecule has 0 radical (unpaired) electrons. The second kappa shape index (κ2) is 4.44. The molecule has 0 saturated heterocycles. The lowest BCUT2D eigenvalue weighted by molar-refractivity contribution is -0.402. The molecule has 1 aliphatic heterocycles. The Hall–Kier alpha value is -2.63. The van der Waals surface area contributed by atoms with E-state index in [0.717, 1.165) is 11.3 Å². The van der Waals surface area contributed by atoms with Crippen molar-refractivity contribution in [3.05, 3.63) is 57.3 Å². The van der Waals surface area contributed by atoms with E-state index in [-0.39, 0.29) is 17.1 Å². The Kier molecular flexibility index (Phi) is 2.83. The van der Waals surface area contributed by atoms with Crippen molar-refractivity contribution in [2.75, 3.05) is 0 Å². The van der Waals surface area contributed by atoms with Gasteiger partial charge in [0.2, 0.25) is 5.78 Å². The third kappa shape index (κ3) is 2.40. The summed E-state index contributed by atoms with van der Waals surface area (Å²) >= 11 is 0. The van der Waals surface area contributed by atoms with E-state index >= 15 is 0 Å². The van der Waals surface area contributed by atoms with Crippen LogP contribution in [0.5, 0.6) is 5.75 Å². The quantitative estimate of drug-likeness (QED) is 0.492. The minimum absolute atomic E-state index is 0.0418. The number of benzene rings is 1. The summed E-state index contributed by atoms with van der Waals surface area (Å²) in [4.78, 5) is 22.2. The number of rotatable bonds is 3. The highest BCUT2D eigenvalue weighted by molar-refractivity contribution is 6.07. The number of nitro groups is 1. The van der Waals surface area contributed by atoms with E-state index in [0.29, 0.717) is 12.0 Å². The number of ketones is 1. The molecule has 21 heavy (non-hydrogen) atoms. The molecule has 1 aromatic heterocycles. The molecule has 0 fully saturated rings. The van der Waals surface area contributed by atoms with E-state index in [1.54, 1.807) is 18.2 Å². The Morgan fingerprint density at radius 2 is 2.05 bits per heavy atom.